The van der Waals surface area contributed by atoms with Crippen molar-refractivity contribution in [2.75, 3.05) is 5.32 Å². The average Bonchev–Trinajstić information content (AvgIpc) is 2.48. The summed E-state index contributed by atoms with van der Waals surface area (Å²) in [5.74, 6) is -0.254. The first-order valence-corrected chi connectivity index (χ1v) is 6.75. The molecule has 1 heterocycles. The third-order valence-corrected chi connectivity index (χ3v) is 3.24. The fourth-order valence-electron chi connectivity index (χ4n) is 1.80. The van der Waals surface area contributed by atoms with Crippen LogP contribution in [0.4, 0.5) is 5.69 Å². The van der Waals surface area contributed by atoms with E-state index in [0.29, 0.717) is 12.1 Å². The number of pyridine rings is 1. The molecule has 2 rings (SSSR count). The number of hydrogen-bond acceptors (Lipinski definition) is 3. The van der Waals surface area contributed by atoms with Gasteiger partial charge in [0.2, 0.25) is 5.91 Å². The van der Waals surface area contributed by atoms with Gasteiger partial charge in [-0.05, 0) is 30.5 Å². The summed E-state index contributed by atoms with van der Waals surface area (Å²) in [6, 6.07) is 12.7. The highest BCUT2D eigenvalue weighted by Crippen LogP contribution is 2.17. The van der Waals surface area contributed by atoms with E-state index in [-0.39, 0.29) is 11.1 Å². The van der Waals surface area contributed by atoms with Crippen LogP contribution in [0.1, 0.15) is 12.0 Å². The molecule has 0 aliphatic heterocycles. The Kier molecular flexibility index (Phi) is 5.09. The van der Waals surface area contributed by atoms with Crippen LogP contribution in [-0.4, -0.2) is 16.9 Å². The number of amides is 1. The molecule has 1 amide bonds. The van der Waals surface area contributed by atoms with Crippen molar-refractivity contribution in [3.63, 3.8) is 0 Å². The van der Waals surface area contributed by atoms with E-state index in [1.54, 1.807) is 18.3 Å². The van der Waals surface area contributed by atoms with Gasteiger partial charge in [0, 0.05) is 6.20 Å². The number of anilines is 1. The van der Waals surface area contributed by atoms with Crippen molar-refractivity contribution >= 4 is 23.2 Å². The highest BCUT2D eigenvalue weighted by atomic mass is 35.5. The van der Waals surface area contributed by atoms with Crippen LogP contribution in [0.5, 0.6) is 0 Å². The maximum Gasteiger partial charge on any atom is 0.241 e. The van der Waals surface area contributed by atoms with Crippen molar-refractivity contribution in [2.24, 2.45) is 5.73 Å². The van der Waals surface area contributed by atoms with Gasteiger partial charge in [-0.2, -0.15) is 0 Å². The molecule has 0 saturated carbocycles. The molecule has 0 radical (unpaired) electrons. The third-order valence-electron chi connectivity index (χ3n) is 2.94. The van der Waals surface area contributed by atoms with Crippen molar-refractivity contribution in [2.45, 2.75) is 18.9 Å². The van der Waals surface area contributed by atoms with Crippen molar-refractivity contribution in [3.8, 4) is 0 Å². The van der Waals surface area contributed by atoms with E-state index in [1.165, 1.54) is 0 Å². The first-order chi connectivity index (χ1) is 9.66. The maximum atomic E-state index is 12.0. The lowest BCUT2D eigenvalue weighted by Gasteiger charge is -2.12. The van der Waals surface area contributed by atoms with Gasteiger partial charge in [0.25, 0.3) is 0 Å². The fraction of sp³-hybridized carbons (Fsp3) is 0.200. The number of nitrogens with zero attached hydrogens (tertiary/aromatic N) is 1. The molecule has 104 valence electrons. The number of aryl methyl sites for hydroxylation is 1. The van der Waals surface area contributed by atoms with E-state index in [9.17, 15) is 4.79 Å². The van der Waals surface area contributed by atoms with Gasteiger partial charge in [-0.1, -0.05) is 41.9 Å². The third kappa shape index (κ3) is 4.05. The Labute approximate surface area is 123 Å². The van der Waals surface area contributed by atoms with E-state index in [0.717, 1.165) is 12.0 Å². The molecule has 0 bridgehead atoms. The number of carbonyl (C=O) groups is 1. The molecule has 4 nitrogen and oxygen atoms in total. The summed E-state index contributed by atoms with van der Waals surface area (Å²) in [6.45, 7) is 0. The predicted molar refractivity (Wildman–Crippen MR) is 80.6 cm³/mol. The quantitative estimate of drug-likeness (QED) is 0.832. The second-order valence-electron chi connectivity index (χ2n) is 4.46. The number of aromatic nitrogens is 1. The number of carbonyl (C=O) groups excluding carboxylic acids is 1. The number of halogens is 1. The average molecular weight is 290 g/mol. The van der Waals surface area contributed by atoms with Crippen molar-refractivity contribution in [3.05, 3.63) is 59.4 Å². The summed E-state index contributed by atoms with van der Waals surface area (Å²) in [4.78, 5) is 15.9. The second kappa shape index (κ2) is 7.03. The zero-order chi connectivity index (χ0) is 14.4. The van der Waals surface area contributed by atoms with Crippen LogP contribution < -0.4 is 11.1 Å². The molecular weight excluding hydrogens is 274 g/mol. The highest BCUT2D eigenvalue weighted by Gasteiger charge is 2.14. The number of nitrogens with two attached hydrogens (primary N) is 1. The fourth-order valence-corrected chi connectivity index (χ4v) is 1.97. The Bertz CT molecular complexity index is 574. The van der Waals surface area contributed by atoms with E-state index < -0.39 is 6.04 Å². The molecule has 0 saturated heterocycles. The summed E-state index contributed by atoms with van der Waals surface area (Å²) in [6.07, 6.45) is 2.90. The molecule has 0 aliphatic carbocycles. The first kappa shape index (κ1) is 14.5. The molecule has 0 aliphatic rings. The Balaban J connectivity index is 1.88. The molecule has 1 aromatic carbocycles. The van der Waals surface area contributed by atoms with Crippen LogP contribution in [0.3, 0.4) is 0 Å². The molecule has 2 aromatic rings. The number of rotatable bonds is 5. The Morgan fingerprint density at radius 2 is 2.00 bits per heavy atom. The number of benzene rings is 1. The molecule has 1 aromatic heterocycles. The Morgan fingerprint density at radius 3 is 2.70 bits per heavy atom. The van der Waals surface area contributed by atoms with Gasteiger partial charge < -0.3 is 11.1 Å². The molecule has 3 N–H and O–H groups in total. The van der Waals surface area contributed by atoms with Crippen LogP contribution in [-0.2, 0) is 11.2 Å². The summed E-state index contributed by atoms with van der Waals surface area (Å²) < 4.78 is 0. The summed E-state index contributed by atoms with van der Waals surface area (Å²) in [7, 11) is 0. The van der Waals surface area contributed by atoms with E-state index in [2.05, 4.69) is 10.3 Å². The minimum atomic E-state index is -0.577. The van der Waals surface area contributed by atoms with Gasteiger partial charge in [-0.15, -0.1) is 0 Å². The zero-order valence-electron chi connectivity index (χ0n) is 10.9. The summed E-state index contributed by atoms with van der Waals surface area (Å²) >= 11 is 5.88. The van der Waals surface area contributed by atoms with Gasteiger partial charge in [0.05, 0.1) is 11.7 Å². The second-order valence-corrected chi connectivity index (χ2v) is 4.82. The Hall–Kier alpha value is -1.91. The van der Waals surface area contributed by atoms with Crippen LogP contribution in [0.15, 0.2) is 48.7 Å². The van der Waals surface area contributed by atoms with Crippen LogP contribution in [0.2, 0.25) is 5.15 Å². The first-order valence-electron chi connectivity index (χ1n) is 6.37. The molecule has 0 fully saturated rings. The summed E-state index contributed by atoms with van der Waals surface area (Å²) in [5.41, 5.74) is 7.53. The largest absolute Gasteiger partial charge is 0.322 e. The van der Waals surface area contributed by atoms with E-state index in [4.69, 9.17) is 17.3 Å². The normalized spacial score (nSPS) is 11.9. The standard InChI is InChI=1S/C15H16ClN3O/c16-14-13(7-4-10-18-14)19-15(20)12(17)9-8-11-5-2-1-3-6-11/h1-7,10,12H,8-9,17H2,(H,19,20). The maximum absolute atomic E-state index is 12.0. The van der Waals surface area contributed by atoms with Crippen LogP contribution in [0.25, 0.3) is 0 Å². The Morgan fingerprint density at radius 1 is 1.25 bits per heavy atom. The lowest BCUT2D eigenvalue weighted by Crippen LogP contribution is -2.36. The molecule has 5 heteroatoms. The van der Waals surface area contributed by atoms with Crippen molar-refractivity contribution < 1.29 is 4.79 Å². The van der Waals surface area contributed by atoms with Gasteiger partial charge >= 0.3 is 0 Å². The number of hydrogen-bond donors (Lipinski definition) is 2. The minimum absolute atomic E-state index is 0.254. The molecule has 0 spiro atoms. The molecule has 20 heavy (non-hydrogen) atoms. The van der Waals surface area contributed by atoms with E-state index in [1.807, 2.05) is 30.3 Å². The number of nitrogens with one attached hydrogen (secondary N) is 1. The van der Waals surface area contributed by atoms with Gasteiger partial charge in [0.1, 0.15) is 0 Å². The van der Waals surface area contributed by atoms with Crippen molar-refractivity contribution in [1.29, 1.82) is 0 Å². The van der Waals surface area contributed by atoms with Gasteiger partial charge in [-0.3, -0.25) is 4.79 Å². The van der Waals surface area contributed by atoms with Gasteiger partial charge in [0.15, 0.2) is 5.15 Å². The van der Waals surface area contributed by atoms with Crippen molar-refractivity contribution in [1.82, 2.24) is 4.98 Å². The molecular formula is C15H16ClN3O. The van der Waals surface area contributed by atoms with E-state index >= 15 is 0 Å². The van der Waals surface area contributed by atoms with Gasteiger partial charge in [-0.25, -0.2) is 4.98 Å². The SMILES string of the molecule is NC(CCc1ccccc1)C(=O)Nc1cccnc1Cl. The monoisotopic (exact) mass is 289 g/mol. The summed E-state index contributed by atoms with van der Waals surface area (Å²) in [5, 5.41) is 2.95. The zero-order valence-corrected chi connectivity index (χ0v) is 11.7. The predicted octanol–water partition coefficient (Wildman–Crippen LogP) is 2.63. The highest BCUT2D eigenvalue weighted by molar-refractivity contribution is 6.32. The topological polar surface area (TPSA) is 68.0 Å². The smallest absolute Gasteiger partial charge is 0.241 e. The van der Waals surface area contributed by atoms with Crippen LogP contribution >= 0.6 is 11.6 Å². The minimum Gasteiger partial charge on any atom is -0.322 e. The lowest BCUT2D eigenvalue weighted by molar-refractivity contribution is -0.117. The van der Waals surface area contributed by atoms with Crippen LogP contribution in [0, 0.1) is 0 Å². The lowest BCUT2D eigenvalue weighted by atomic mass is 10.1. The molecule has 1 unspecified atom stereocenters. The molecule has 1 atom stereocenters.